The molecular weight excluding hydrogens is 342 g/mol. The molecule has 1 N–H and O–H groups in total. The minimum atomic E-state index is -0.322. The molecule has 1 fully saturated rings. The van der Waals surface area contributed by atoms with E-state index in [9.17, 15) is 9.59 Å². The SMILES string of the molecule is CN1CCC(n2ccc(NC(=O)c3cc(=O)n(C)c4ccccc34)n2)CC1. The summed E-state index contributed by atoms with van der Waals surface area (Å²) in [4.78, 5) is 27.3. The number of nitrogens with one attached hydrogen (secondary N) is 1. The van der Waals surface area contributed by atoms with Gasteiger partial charge in [0.1, 0.15) is 0 Å². The molecule has 1 aliphatic rings. The third kappa shape index (κ3) is 3.38. The van der Waals surface area contributed by atoms with Gasteiger partial charge < -0.3 is 14.8 Å². The van der Waals surface area contributed by atoms with Gasteiger partial charge in [-0.1, -0.05) is 18.2 Å². The van der Waals surface area contributed by atoms with Gasteiger partial charge in [-0.2, -0.15) is 5.10 Å². The zero-order valence-corrected chi connectivity index (χ0v) is 15.6. The van der Waals surface area contributed by atoms with Crippen LogP contribution in [-0.2, 0) is 7.05 Å². The van der Waals surface area contributed by atoms with E-state index in [2.05, 4.69) is 22.4 Å². The van der Waals surface area contributed by atoms with E-state index in [4.69, 9.17) is 0 Å². The lowest BCUT2D eigenvalue weighted by Crippen LogP contribution is -2.31. The number of para-hydroxylation sites is 1. The molecule has 0 atom stereocenters. The van der Waals surface area contributed by atoms with Crippen molar-refractivity contribution in [1.82, 2.24) is 19.2 Å². The first-order valence-corrected chi connectivity index (χ1v) is 9.17. The van der Waals surface area contributed by atoms with Gasteiger partial charge in [0.15, 0.2) is 5.82 Å². The van der Waals surface area contributed by atoms with Crippen molar-refractivity contribution in [3.05, 3.63) is 58.5 Å². The molecule has 7 heteroatoms. The second-order valence-corrected chi connectivity index (χ2v) is 7.14. The molecule has 3 heterocycles. The lowest BCUT2D eigenvalue weighted by molar-refractivity contribution is 0.102. The highest BCUT2D eigenvalue weighted by Gasteiger charge is 2.20. The van der Waals surface area contributed by atoms with Crippen molar-refractivity contribution in [2.75, 3.05) is 25.5 Å². The minimum Gasteiger partial charge on any atom is -0.311 e. The van der Waals surface area contributed by atoms with Gasteiger partial charge in [-0.15, -0.1) is 0 Å². The normalized spacial score (nSPS) is 15.9. The fourth-order valence-electron chi connectivity index (χ4n) is 3.65. The molecule has 1 aromatic carbocycles. The predicted octanol–water partition coefficient (Wildman–Crippen LogP) is 2.25. The Morgan fingerprint density at radius 2 is 1.89 bits per heavy atom. The Bertz CT molecular complexity index is 1040. The average molecular weight is 365 g/mol. The number of aryl methyl sites for hydroxylation is 1. The molecule has 1 aliphatic heterocycles. The van der Waals surface area contributed by atoms with Crippen molar-refractivity contribution in [2.24, 2.45) is 7.05 Å². The molecule has 1 amide bonds. The van der Waals surface area contributed by atoms with Crippen molar-refractivity contribution in [3.8, 4) is 0 Å². The summed E-state index contributed by atoms with van der Waals surface area (Å²) in [6.07, 6.45) is 4.00. The van der Waals surface area contributed by atoms with Crippen molar-refractivity contribution < 1.29 is 4.79 Å². The van der Waals surface area contributed by atoms with Crippen LogP contribution in [0.5, 0.6) is 0 Å². The lowest BCUT2D eigenvalue weighted by Gasteiger charge is -2.28. The Morgan fingerprint density at radius 3 is 2.67 bits per heavy atom. The van der Waals surface area contributed by atoms with Gasteiger partial charge in [-0.3, -0.25) is 14.3 Å². The molecule has 0 aliphatic carbocycles. The van der Waals surface area contributed by atoms with Crippen molar-refractivity contribution in [3.63, 3.8) is 0 Å². The number of carbonyl (C=O) groups excluding carboxylic acids is 1. The molecular formula is C20H23N5O2. The van der Waals surface area contributed by atoms with Gasteiger partial charge in [0.2, 0.25) is 0 Å². The molecule has 0 unspecified atom stereocenters. The lowest BCUT2D eigenvalue weighted by atomic mass is 10.1. The minimum absolute atomic E-state index is 0.212. The van der Waals surface area contributed by atoms with Gasteiger partial charge >= 0.3 is 0 Å². The molecule has 0 bridgehead atoms. The number of nitrogens with zero attached hydrogens (tertiary/aromatic N) is 4. The predicted molar refractivity (Wildman–Crippen MR) is 105 cm³/mol. The number of rotatable bonds is 3. The van der Waals surface area contributed by atoms with E-state index in [0.717, 1.165) is 36.8 Å². The Morgan fingerprint density at radius 1 is 1.15 bits per heavy atom. The van der Waals surface area contributed by atoms with E-state index >= 15 is 0 Å². The van der Waals surface area contributed by atoms with Gasteiger partial charge in [-0.05, 0) is 39.0 Å². The fourth-order valence-corrected chi connectivity index (χ4v) is 3.65. The topological polar surface area (TPSA) is 72.2 Å². The van der Waals surface area contributed by atoms with E-state index in [0.29, 0.717) is 17.4 Å². The fraction of sp³-hybridized carbons (Fsp3) is 0.350. The van der Waals surface area contributed by atoms with Crippen LogP contribution in [0.1, 0.15) is 29.2 Å². The van der Waals surface area contributed by atoms with E-state index < -0.39 is 0 Å². The van der Waals surface area contributed by atoms with Crippen LogP contribution in [-0.4, -0.2) is 45.3 Å². The number of benzene rings is 1. The van der Waals surface area contributed by atoms with Gasteiger partial charge in [0.25, 0.3) is 11.5 Å². The highest BCUT2D eigenvalue weighted by atomic mass is 16.2. The molecule has 7 nitrogen and oxygen atoms in total. The first-order valence-electron chi connectivity index (χ1n) is 9.17. The summed E-state index contributed by atoms with van der Waals surface area (Å²) in [5.41, 5.74) is 0.880. The van der Waals surface area contributed by atoms with E-state index in [1.165, 1.54) is 6.07 Å². The molecule has 27 heavy (non-hydrogen) atoms. The highest BCUT2D eigenvalue weighted by molar-refractivity contribution is 6.12. The van der Waals surface area contributed by atoms with Gasteiger partial charge in [-0.25, -0.2) is 0 Å². The summed E-state index contributed by atoms with van der Waals surface area (Å²) in [6, 6.07) is 10.9. The molecule has 0 spiro atoms. The van der Waals surface area contributed by atoms with Crippen molar-refractivity contribution in [1.29, 1.82) is 0 Å². The average Bonchev–Trinajstić information content (AvgIpc) is 3.13. The smallest absolute Gasteiger partial charge is 0.257 e. The highest BCUT2D eigenvalue weighted by Crippen LogP contribution is 2.22. The monoisotopic (exact) mass is 365 g/mol. The van der Waals surface area contributed by atoms with E-state index in [-0.39, 0.29) is 11.5 Å². The zero-order valence-electron chi connectivity index (χ0n) is 15.6. The van der Waals surface area contributed by atoms with Crippen LogP contribution in [0.25, 0.3) is 10.9 Å². The van der Waals surface area contributed by atoms with Crippen LogP contribution in [0.2, 0.25) is 0 Å². The second kappa shape index (κ2) is 7.00. The Balaban J connectivity index is 1.58. The second-order valence-electron chi connectivity index (χ2n) is 7.14. The zero-order chi connectivity index (χ0) is 19.0. The number of likely N-dealkylation sites (tertiary alicyclic amines) is 1. The Labute approximate surface area is 157 Å². The molecule has 1 saturated heterocycles. The number of pyridine rings is 1. The summed E-state index contributed by atoms with van der Waals surface area (Å²) in [5.74, 6) is 0.182. The largest absolute Gasteiger partial charge is 0.311 e. The van der Waals surface area contributed by atoms with Crippen LogP contribution >= 0.6 is 0 Å². The van der Waals surface area contributed by atoms with Crippen LogP contribution in [0, 0.1) is 0 Å². The number of piperidine rings is 1. The van der Waals surface area contributed by atoms with Crippen LogP contribution in [0.4, 0.5) is 5.82 Å². The summed E-state index contributed by atoms with van der Waals surface area (Å²) in [5, 5.41) is 8.11. The molecule has 2 aromatic heterocycles. The third-order valence-electron chi connectivity index (χ3n) is 5.31. The van der Waals surface area contributed by atoms with Crippen molar-refractivity contribution in [2.45, 2.75) is 18.9 Å². The molecule has 140 valence electrons. The van der Waals surface area contributed by atoms with Crippen LogP contribution in [0.3, 0.4) is 0 Å². The summed E-state index contributed by atoms with van der Waals surface area (Å²) in [7, 11) is 3.83. The number of carbonyl (C=O) groups is 1. The summed E-state index contributed by atoms with van der Waals surface area (Å²) < 4.78 is 3.48. The number of fused-ring (bicyclic) bond motifs is 1. The number of hydrogen-bond donors (Lipinski definition) is 1. The first kappa shape index (κ1) is 17.5. The third-order valence-corrected chi connectivity index (χ3v) is 5.31. The number of amides is 1. The van der Waals surface area contributed by atoms with E-state index in [1.807, 2.05) is 35.1 Å². The standard InChI is InChI=1S/C20H23N5O2/c1-23-10-7-14(8-11-23)25-12-9-18(22-25)21-20(27)16-13-19(26)24(2)17-6-4-3-5-15(16)17/h3-6,9,12-14H,7-8,10-11H2,1-2H3,(H,21,22,27). The van der Waals surface area contributed by atoms with E-state index in [1.54, 1.807) is 17.7 Å². The quantitative estimate of drug-likeness (QED) is 0.773. The van der Waals surface area contributed by atoms with Crippen molar-refractivity contribution >= 4 is 22.6 Å². The summed E-state index contributed by atoms with van der Waals surface area (Å²) >= 11 is 0. The molecule has 4 rings (SSSR count). The van der Waals surface area contributed by atoms with Crippen LogP contribution in [0.15, 0.2) is 47.4 Å². The Hall–Kier alpha value is -2.93. The maximum Gasteiger partial charge on any atom is 0.257 e. The summed E-state index contributed by atoms with van der Waals surface area (Å²) in [6.45, 7) is 2.09. The maximum absolute atomic E-state index is 12.8. The maximum atomic E-state index is 12.8. The van der Waals surface area contributed by atoms with Gasteiger partial charge in [0.05, 0.1) is 17.1 Å². The molecule has 3 aromatic rings. The molecule has 0 saturated carbocycles. The number of anilines is 1. The van der Waals surface area contributed by atoms with Gasteiger partial charge in [0, 0.05) is 30.8 Å². The number of aromatic nitrogens is 3. The number of hydrogen-bond acceptors (Lipinski definition) is 4. The first-order chi connectivity index (χ1) is 13.0. The van der Waals surface area contributed by atoms with Crippen LogP contribution < -0.4 is 10.9 Å². The Kier molecular flexibility index (Phi) is 4.53. The molecule has 0 radical (unpaired) electrons.